The maximum atomic E-state index is 9.02. The van der Waals surface area contributed by atoms with E-state index in [0.29, 0.717) is 12.6 Å². The zero-order valence-corrected chi connectivity index (χ0v) is 13.5. The highest BCUT2D eigenvalue weighted by Gasteiger charge is 2.33. The number of aliphatic hydroxyl groups is 1. The van der Waals surface area contributed by atoms with E-state index >= 15 is 0 Å². The Bertz CT molecular complexity index is 657. The van der Waals surface area contributed by atoms with Crippen LogP contribution in [0.25, 0.3) is 11.0 Å². The van der Waals surface area contributed by atoms with Gasteiger partial charge in [-0.3, -0.25) is 4.90 Å². The van der Waals surface area contributed by atoms with Gasteiger partial charge in [0, 0.05) is 38.8 Å². The van der Waals surface area contributed by atoms with E-state index in [-0.39, 0.29) is 0 Å². The number of aromatic nitrogens is 1. The number of hydrogen-bond acceptors (Lipinski definition) is 5. The molecule has 124 valence electrons. The van der Waals surface area contributed by atoms with Gasteiger partial charge in [-0.15, -0.1) is 0 Å². The molecule has 0 unspecified atom stereocenters. The summed E-state index contributed by atoms with van der Waals surface area (Å²) in [5, 5.41) is 14.5. The van der Waals surface area contributed by atoms with Crippen molar-refractivity contribution in [2.45, 2.75) is 31.7 Å². The van der Waals surface area contributed by atoms with E-state index in [9.17, 15) is 0 Å². The van der Waals surface area contributed by atoms with Gasteiger partial charge in [0.25, 0.3) is 0 Å². The van der Waals surface area contributed by atoms with E-state index in [1.54, 1.807) is 0 Å². The minimum atomic E-state index is 0.326. The lowest BCUT2D eigenvalue weighted by Crippen LogP contribution is -2.56. The number of piperidine rings is 1. The van der Waals surface area contributed by atoms with Crippen LogP contribution in [0.5, 0.6) is 0 Å². The Morgan fingerprint density at radius 2 is 2.09 bits per heavy atom. The Kier molecular flexibility index (Phi) is 4.23. The second-order valence-electron chi connectivity index (χ2n) is 6.91. The average Bonchev–Trinajstić information content (AvgIpc) is 3.03. The van der Waals surface area contributed by atoms with Gasteiger partial charge < -0.3 is 14.5 Å². The van der Waals surface area contributed by atoms with Gasteiger partial charge in [-0.05, 0) is 43.7 Å². The zero-order valence-electron chi connectivity index (χ0n) is 13.5. The van der Waals surface area contributed by atoms with E-state index in [2.05, 4.69) is 21.0 Å². The fraction of sp³-hybridized carbons (Fsp3) is 0.611. The molecule has 23 heavy (non-hydrogen) atoms. The predicted molar refractivity (Wildman–Crippen MR) is 90.6 cm³/mol. The summed E-state index contributed by atoms with van der Waals surface area (Å²) in [5.74, 6) is 1.76. The SMILES string of the molecule is OCCC[C@@H]1CC[C@H]2CN(c3noc4ccccc34)CCN2C1. The van der Waals surface area contributed by atoms with Crippen molar-refractivity contribution in [1.82, 2.24) is 10.1 Å². The molecule has 0 spiro atoms. The Labute approximate surface area is 136 Å². The number of piperazine rings is 1. The van der Waals surface area contributed by atoms with Crippen LogP contribution < -0.4 is 4.90 Å². The van der Waals surface area contributed by atoms with Crippen LogP contribution in [0.3, 0.4) is 0 Å². The minimum Gasteiger partial charge on any atom is -0.396 e. The molecule has 2 aliphatic heterocycles. The maximum Gasteiger partial charge on any atom is 0.180 e. The van der Waals surface area contributed by atoms with Crippen LogP contribution in [-0.4, -0.2) is 54.0 Å². The Morgan fingerprint density at radius 1 is 1.17 bits per heavy atom. The van der Waals surface area contributed by atoms with E-state index in [0.717, 1.165) is 55.2 Å². The summed E-state index contributed by atoms with van der Waals surface area (Å²) in [6, 6.07) is 8.74. The third-order valence-corrected chi connectivity index (χ3v) is 5.43. The number of hydrogen-bond donors (Lipinski definition) is 1. The quantitative estimate of drug-likeness (QED) is 0.939. The highest BCUT2D eigenvalue weighted by molar-refractivity contribution is 5.88. The van der Waals surface area contributed by atoms with Crippen molar-refractivity contribution in [3.63, 3.8) is 0 Å². The van der Waals surface area contributed by atoms with E-state index in [1.807, 2.05) is 18.2 Å². The van der Waals surface area contributed by atoms with Gasteiger partial charge >= 0.3 is 0 Å². The normalized spacial score (nSPS) is 25.7. The Balaban J connectivity index is 1.44. The van der Waals surface area contributed by atoms with Crippen molar-refractivity contribution in [3.8, 4) is 0 Å². The molecule has 4 rings (SSSR count). The number of anilines is 1. The summed E-state index contributed by atoms with van der Waals surface area (Å²) >= 11 is 0. The lowest BCUT2D eigenvalue weighted by Gasteiger charge is -2.46. The summed E-state index contributed by atoms with van der Waals surface area (Å²) in [7, 11) is 0. The molecule has 2 fully saturated rings. The van der Waals surface area contributed by atoms with E-state index in [1.165, 1.54) is 19.4 Å². The van der Waals surface area contributed by atoms with E-state index < -0.39 is 0 Å². The molecule has 0 amide bonds. The molecule has 0 saturated carbocycles. The molecular formula is C18H25N3O2. The van der Waals surface area contributed by atoms with Crippen LogP contribution in [0.2, 0.25) is 0 Å². The van der Waals surface area contributed by atoms with Crippen molar-refractivity contribution in [3.05, 3.63) is 24.3 Å². The van der Waals surface area contributed by atoms with Crippen LogP contribution >= 0.6 is 0 Å². The highest BCUT2D eigenvalue weighted by Crippen LogP contribution is 2.32. The van der Waals surface area contributed by atoms with Crippen LogP contribution in [0, 0.1) is 5.92 Å². The van der Waals surface area contributed by atoms with Crippen LogP contribution in [-0.2, 0) is 0 Å². The molecule has 2 atom stereocenters. The molecule has 2 aromatic rings. The number of benzene rings is 1. The molecule has 5 heteroatoms. The monoisotopic (exact) mass is 315 g/mol. The second-order valence-corrected chi connectivity index (χ2v) is 6.91. The Morgan fingerprint density at radius 3 is 3.00 bits per heavy atom. The topological polar surface area (TPSA) is 52.7 Å². The van der Waals surface area contributed by atoms with Gasteiger partial charge in [-0.25, -0.2) is 0 Å². The van der Waals surface area contributed by atoms with Gasteiger partial charge in [-0.2, -0.15) is 0 Å². The van der Waals surface area contributed by atoms with Gasteiger partial charge in [0.2, 0.25) is 0 Å². The second kappa shape index (κ2) is 6.49. The molecule has 2 aliphatic rings. The Hall–Kier alpha value is -1.59. The molecular weight excluding hydrogens is 290 g/mol. The lowest BCUT2D eigenvalue weighted by molar-refractivity contribution is 0.0886. The number of aliphatic hydroxyl groups excluding tert-OH is 1. The van der Waals surface area contributed by atoms with Crippen molar-refractivity contribution in [2.75, 3.05) is 37.7 Å². The number of para-hydroxylation sites is 1. The van der Waals surface area contributed by atoms with Crippen LogP contribution in [0.4, 0.5) is 5.82 Å². The van der Waals surface area contributed by atoms with Crippen molar-refractivity contribution >= 4 is 16.8 Å². The third kappa shape index (κ3) is 2.95. The number of nitrogens with zero attached hydrogens (tertiary/aromatic N) is 3. The fourth-order valence-corrected chi connectivity index (χ4v) is 4.17. The zero-order chi connectivity index (χ0) is 15.6. The molecule has 1 aromatic carbocycles. The predicted octanol–water partition coefficient (Wildman–Crippen LogP) is 2.50. The first-order valence-electron chi connectivity index (χ1n) is 8.79. The average molecular weight is 315 g/mol. The first-order chi connectivity index (χ1) is 11.3. The molecule has 2 saturated heterocycles. The molecule has 0 bridgehead atoms. The van der Waals surface area contributed by atoms with Gasteiger partial charge in [-0.1, -0.05) is 17.3 Å². The lowest BCUT2D eigenvalue weighted by atomic mass is 9.88. The van der Waals surface area contributed by atoms with Gasteiger partial charge in [0.05, 0.1) is 5.39 Å². The summed E-state index contributed by atoms with van der Waals surface area (Å²) in [4.78, 5) is 5.03. The molecule has 1 N–H and O–H groups in total. The fourth-order valence-electron chi connectivity index (χ4n) is 4.17. The van der Waals surface area contributed by atoms with Gasteiger partial charge in [0.1, 0.15) is 0 Å². The smallest absolute Gasteiger partial charge is 0.180 e. The van der Waals surface area contributed by atoms with E-state index in [4.69, 9.17) is 9.63 Å². The van der Waals surface area contributed by atoms with Gasteiger partial charge in [0.15, 0.2) is 11.4 Å². The van der Waals surface area contributed by atoms with Crippen LogP contribution in [0.15, 0.2) is 28.8 Å². The number of fused-ring (bicyclic) bond motifs is 2. The summed E-state index contributed by atoms with van der Waals surface area (Å²) in [5.41, 5.74) is 0.873. The molecule has 3 heterocycles. The third-order valence-electron chi connectivity index (χ3n) is 5.43. The molecule has 0 aliphatic carbocycles. The molecule has 0 radical (unpaired) electrons. The van der Waals surface area contributed by atoms with Crippen molar-refractivity contribution < 1.29 is 9.63 Å². The first kappa shape index (κ1) is 15.0. The summed E-state index contributed by atoms with van der Waals surface area (Å²) in [6.07, 6.45) is 4.65. The standard InChI is InChI=1S/C18H25N3O2/c22-11-3-4-14-7-8-15-13-21(10-9-20(15)12-14)18-16-5-1-2-6-17(16)23-19-18/h1-2,5-6,14-15,22H,3-4,7-13H2/t14-,15+/m1/s1. The van der Waals surface area contributed by atoms with Crippen molar-refractivity contribution in [2.24, 2.45) is 5.92 Å². The summed E-state index contributed by atoms with van der Waals surface area (Å²) < 4.78 is 5.47. The highest BCUT2D eigenvalue weighted by atomic mass is 16.5. The molecule has 1 aromatic heterocycles. The van der Waals surface area contributed by atoms with Crippen LogP contribution in [0.1, 0.15) is 25.7 Å². The molecule has 5 nitrogen and oxygen atoms in total. The van der Waals surface area contributed by atoms with Crippen molar-refractivity contribution in [1.29, 1.82) is 0 Å². The number of rotatable bonds is 4. The minimum absolute atomic E-state index is 0.326. The summed E-state index contributed by atoms with van der Waals surface area (Å²) in [6.45, 7) is 4.68. The first-order valence-corrected chi connectivity index (χ1v) is 8.79. The maximum absolute atomic E-state index is 9.02. The largest absolute Gasteiger partial charge is 0.396 e.